The number of para-hydroxylation sites is 1. The molecule has 0 saturated heterocycles. The summed E-state index contributed by atoms with van der Waals surface area (Å²) in [6.07, 6.45) is 3.18. The third kappa shape index (κ3) is 4.94. The first-order chi connectivity index (χ1) is 16.8. The van der Waals surface area contributed by atoms with Crippen LogP contribution in [0.15, 0.2) is 121 Å². The summed E-state index contributed by atoms with van der Waals surface area (Å²) in [4.78, 5) is 16.9. The lowest BCUT2D eigenvalue weighted by molar-refractivity contribution is -0.122. The molecule has 2 atom stereocenters. The molecule has 1 amide bonds. The number of carbonyl (C=O) groups excluding carboxylic acids is 1. The molecule has 3 heteroatoms. The van der Waals surface area contributed by atoms with E-state index in [1.807, 2.05) is 72.9 Å². The van der Waals surface area contributed by atoms with Crippen molar-refractivity contribution in [2.45, 2.75) is 24.8 Å². The second kappa shape index (κ2) is 10.2. The van der Waals surface area contributed by atoms with Crippen molar-refractivity contribution >= 4 is 16.8 Å². The first-order valence-corrected chi connectivity index (χ1v) is 11.8. The Hall–Kier alpha value is -4.11. The molecule has 2 N–H and O–H groups in total. The van der Waals surface area contributed by atoms with Crippen molar-refractivity contribution in [2.24, 2.45) is 0 Å². The van der Waals surface area contributed by atoms with Crippen molar-refractivity contribution in [1.29, 1.82) is 0 Å². The summed E-state index contributed by atoms with van der Waals surface area (Å²) in [5.41, 5.74) is 5.69. The molecule has 4 aromatic carbocycles. The van der Waals surface area contributed by atoms with Crippen molar-refractivity contribution in [2.75, 3.05) is 0 Å². The van der Waals surface area contributed by atoms with Crippen LogP contribution in [0.3, 0.4) is 0 Å². The van der Waals surface area contributed by atoms with Crippen LogP contribution in [0.5, 0.6) is 0 Å². The van der Waals surface area contributed by atoms with E-state index in [4.69, 9.17) is 0 Å². The molecule has 168 valence electrons. The van der Waals surface area contributed by atoms with Crippen molar-refractivity contribution in [3.8, 4) is 0 Å². The van der Waals surface area contributed by atoms with E-state index in [-0.39, 0.29) is 17.9 Å². The normalized spacial score (nSPS) is 12.8. The van der Waals surface area contributed by atoms with Crippen LogP contribution in [0, 0.1) is 0 Å². The van der Waals surface area contributed by atoms with Crippen LogP contribution in [-0.4, -0.2) is 10.9 Å². The lowest BCUT2D eigenvalue weighted by atomic mass is 9.87. The predicted octanol–water partition coefficient (Wildman–Crippen LogP) is 6.79. The molecule has 0 fully saturated rings. The van der Waals surface area contributed by atoms with Crippen molar-refractivity contribution < 1.29 is 4.79 Å². The molecular weight excluding hydrogens is 416 g/mol. The van der Waals surface area contributed by atoms with Gasteiger partial charge in [-0.3, -0.25) is 4.79 Å². The van der Waals surface area contributed by atoms with Gasteiger partial charge < -0.3 is 10.3 Å². The fraction of sp³-hybridized carbons (Fsp3) is 0.129. The largest absolute Gasteiger partial charge is 0.361 e. The zero-order valence-electron chi connectivity index (χ0n) is 19.0. The van der Waals surface area contributed by atoms with Gasteiger partial charge in [0.25, 0.3) is 0 Å². The molecule has 0 aliphatic heterocycles. The van der Waals surface area contributed by atoms with Gasteiger partial charge in [-0.15, -0.1) is 0 Å². The van der Waals surface area contributed by atoms with E-state index in [9.17, 15) is 4.79 Å². The predicted molar refractivity (Wildman–Crippen MR) is 139 cm³/mol. The zero-order valence-corrected chi connectivity index (χ0v) is 19.0. The van der Waals surface area contributed by atoms with E-state index in [1.54, 1.807) is 0 Å². The van der Waals surface area contributed by atoms with Crippen LogP contribution in [0.1, 0.15) is 40.6 Å². The van der Waals surface area contributed by atoms with Crippen LogP contribution in [-0.2, 0) is 11.2 Å². The summed E-state index contributed by atoms with van der Waals surface area (Å²) in [7, 11) is 0. The van der Waals surface area contributed by atoms with Crippen molar-refractivity contribution in [3.63, 3.8) is 0 Å². The molecule has 1 aromatic heterocycles. The summed E-state index contributed by atoms with van der Waals surface area (Å²) in [5, 5.41) is 4.50. The minimum absolute atomic E-state index is 0.0366. The maximum atomic E-state index is 13.5. The van der Waals surface area contributed by atoms with E-state index in [1.165, 1.54) is 5.56 Å². The molecule has 0 spiro atoms. The number of carbonyl (C=O) groups is 1. The van der Waals surface area contributed by atoms with E-state index < -0.39 is 0 Å². The van der Waals surface area contributed by atoms with Crippen molar-refractivity contribution in [1.82, 2.24) is 10.3 Å². The molecule has 5 aromatic rings. The molecule has 5 rings (SSSR count). The molecule has 2 unspecified atom stereocenters. The third-order valence-electron chi connectivity index (χ3n) is 6.41. The van der Waals surface area contributed by atoms with E-state index >= 15 is 0 Å². The SMILES string of the molecule is O=C(CC(c1ccccc1)c1c[nH]c2ccccc12)NC(Cc1ccccc1)c1ccccc1. The summed E-state index contributed by atoms with van der Waals surface area (Å²) >= 11 is 0. The van der Waals surface area contributed by atoms with Crippen LogP contribution in [0.4, 0.5) is 0 Å². The highest BCUT2D eigenvalue weighted by molar-refractivity contribution is 5.86. The van der Waals surface area contributed by atoms with Crippen LogP contribution < -0.4 is 5.32 Å². The Morgan fingerprint density at radius 1 is 0.706 bits per heavy atom. The Bertz CT molecular complexity index is 1340. The van der Waals surface area contributed by atoms with Gasteiger partial charge in [-0.05, 0) is 34.7 Å². The topological polar surface area (TPSA) is 44.9 Å². The fourth-order valence-electron chi connectivity index (χ4n) is 4.70. The number of hydrogen-bond donors (Lipinski definition) is 2. The Morgan fingerprint density at radius 2 is 1.29 bits per heavy atom. The first-order valence-electron chi connectivity index (χ1n) is 11.8. The summed E-state index contributed by atoms with van der Waals surface area (Å²) in [5.74, 6) is 0.00872. The second-order valence-electron chi connectivity index (χ2n) is 8.68. The molecule has 0 radical (unpaired) electrons. The van der Waals surface area contributed by atoms with E-state index in [0.717, 1.165) is 34.0 Å². The minimum atomic E-state index is -0.0875. The second-order valence-corrected chi connectivity index (χ2v) is 8.68. The Kier molecular flexibility index (Phi) is 6.53. The minimum Gasteiger partial charge on any atom is -0.361 e. The van der Waals surface area contributed by atoms with E-state index in [0.29, 0.717) is 6.42 Å². The quantitative estimate of drug-likeness (QED) is 0.272. The Labute approximate surface area is 200 Å². The average Bonchev–Trinajstić information content (AvgIpc) is 3.32. The van der Waals surface area contributed by atoms with Gasteiger partial charge in [0.05, 0.1) is 6.04 Å². The smallest absolute Gasteiger partial charge is 0.221 e. The Morgan fingerprint density at radius 3 is 2.00 bits per heavy atom. The van der Waals surface area contributed by atoms with Gasteiger partial charge >= 0.3 is 0 Å². The number of amides is 1. The highest BCUT2D eigenvalue weighted by atomic mass is 16.1. The highest BCUT2D eigenvalue weighted by Gasteiger charge is 2.23. The number of hydrogen-bond acceptors (Lipinski definition) is 1. The lowest BCUT2D eigenvalue weighted by Crippen LogP contribution is -2.31. The summed E-state index contributed by atoms with van der Waals surface area (Å²) < 4.78 is 0. The standard InChI is InChI=1S/C31H28N2O/c34-31(33-30(25-16-8-3-9-17-25)20-23-12-4-1-5-13-23)21-27(24-14-6-2-7-15-24)28-22-32-29-19-11-10-18-26(28)29/h1-19,22,27,30,32H,20-21H2,(H,33,34). The zero-order chi connectivity index (χ0) is 23.2. The first kappa shape index (κ1) is 21.7. The average molecular weight is 445 g/mol. The third-order valence-corrected chi connectivity index (χ3v) is 6.41. The molecular formula is C31H28N2O. The van der Waals surface area contributed by atoms with Gasteiger partial charge in [-0.2, -0.15) is 0 Å². The summed E-state index contributed by atoms with van der Waals surface area (Å²) in [6, 6.07) is 39.1. The summed E-state index contributed by atoms with van der Waals surface area (Å²) in [6.45, 7) is 0. The van der Waals surface area contributed by atoms with Gasteiger partial charge in [0.2, 0.25) is 5.91 Å². The number of rotatable bonds is 8. The van der Waals surface area contributed by atoms with Gasteiger partial charge in [0, 0.05) is 29.4 Å². The van der Waals surface area contributed by atoms with Gasteiger partial charge in [0.15, 0.2) is 0 Å². The van der Waals surface area contributed by atoms with E-state index in [2.05, 4.69) is 58.8 Å². The number of H-pyrrole nitrogens is 1. The molecule has 0 aliphatic carbocycles. The van der Waals surface area contributed by atoms with Gasteiger partial charge in [-0.1, -0.05) is 109 Å². The monoisotopic (exact) mass is 444 g/mol. The molecule has 1 heterocycles. The number of aromatic nitrogens is 1. The molecule has 0 bridgehead atoms. The fourth-order valence-corrected chi connectivity index (χ4v) is 4.70. The van der Waals surface area contributed by atoms with Crippen LogP contribution in [0.25, 0.3) is 10.9 Å². The van der Waals surface area contributed by atoms with Crippen LogP contribution in [0.2, 0.25) is 0 Å². The van der Waals surface area contributed by atoms with Crippen LogP contribution >= 0.6 is 0 Å². The highest BCUT2D eigenvalue weighted by Crippen LogP contribution is 2.33. The number of benzene rings is 4. The maximum absolute atomic E-state index is 13.5. The van der Waals surface area contributed by atoms with Gasteiger partial charge in [-0.25, -0.2) is 0 Å². The molecule has 34 heavy (non-hydrogen) atoms. The molecule has 0 saturated carbocycles. The lowest BCUT2D eigenvalue weighted by Gasteiger charge is -2.22. The molecule has 0 aliphatic rings. The van der Waals surface area contributed by atoms with Gasteiger partial charge in [0.1, 0.15) is 0 Å². The van der Waals surface area contributed by atoms with Crippen molar-refractivity contribution in [3.05, 3.63) is 144 Å². The Balaban J connectivity index is 1.43. The number of aromatic amines is 1. The molecule has 3 nitrogen and oxygen atoms in total. The number of fused-ring (bicyclic) bond motifs is 1. The number of nitrogens with one attached hydrogen (secondary N) is 2. The maximum Gasteiger partial charge on any atom is 0.221 e.